The van der Waals surface area contributed by atoms with Crippen LogP contribution >= 0.6 is 34.5 Å². The monoisotopic (exact) mass is 460 g/mol. The lowest BCUT2D eigenvalue weighted by Gasteiger charge is -2.26. The number of hydrogen-bond acceptors (Lipinski definition) is 5. The molecule has 4 rings (SSSR count). The Kier molecular flexibility index (Phi) is 5.63. The van der Waals surface area contributed by atoms with Gasteiger partial charge in [-0.2, -0.15) is 5.26 Å². The first-order chi connectivity index (χ1) is 14.3. The van der Waals surface area contributed by atoms with Crippen molar-refractivity contribution in [3.05, 3.63) is 60.2 Å². The number of aromatic hydroxyl groups is 1. The van der Waals surface area contributed by atoms with Crippen LogP contribution in [0.5, 0.6) is 5.88 Å². The number of thiophene rings is 1. The average molecular weight is 461 g/mol. The number of fused-ring (bicyclic) bond motifs is 1. The summed E-state index contributed by atoms with van der Waals surface area (Å²) in [5.41, 5.74) is -0.549. The number of nitrogens with zero attached hydrogens (tertiary/aromatic N) is 2. The summed E-state index contributed by atoms with van der Waals surface area (Å²) in [6.45, 7) is 1.51. The Morgan fingerprint density at radius 2 is 1.97 bits per heavy atom. The topological polar surface area (TPSA) is 83.1 Å². The predicted octanol–water partition coefficient (Wildman–Crippen LogP) is 5.99. The van der Waals surface area contributed by atoms with E-state index in [2.05, 4.69) is 0 Å². The van der Waals surface area contributed by atoms with E-state index in [4.69, 9.17) is 23.2 Å². The minimum absolute atomic E-state index is 0.0451. The van der Waals surface area contributed by atoms with Gasteiger partial charge < -0.3 is 5.11 Å². The number of benzene rings is 1. The molecule has 1 fully saturated rings. The summed E-state index contributed by atoms with van der Waals surface area (Å²) in [6, 6.07) is 6.84. The zero-order chi connectivity index (χ0) is 21.6. The molecule has 0 bridgehead atoms. The number of aromatic nitrogens is 1. The molecule has 1 saturated carbocycles. The van der Waals surface area contributed by atoms with E-state index in [1.165, 1.54) is 22.8 Å². The van der Waals surface area contributed by atoms with Gasteiger partial charge in [-0.05, 0) is 37.5 Å². The molecule has 0 saturated heterocycles. The molecular formula is C22H18Cl2N2O3S. The van der Waals surface area contributed by atoms with Gasteiger partial charge in [0.05, 0.1) is 15.5 Å². The fraction of sp³-hybridized carbons (Fsp3) is 0.318. The van der Waals surface area contributed by atoms with Crippen LogP contribution in [0.2, 0.25) is 10.0 Å². The highest BCUT2D eigenvalue weighted by molar-refractivity contribution is 7.21. The van der Waals surface area contributed by atoms with Crippen LogP contribution in [-0.4, -0.2) is 15.5 Å². The second kappa shape index (κ2) is 8.07. The lowest BCUT2D eigenvalue weighted by Crippen LogP contribution is -2.31. The molecular weight excluding hydrogens is 443 g/mol. The first-order valence-corrected chi connectivity index (χ1v) is 11.2. The van der Waals surface area contributed by atoms with Gasteiger partial charge in [-0.3, -0.25) is 14.2 Å². The minimum Gasteiger partial charge on any atom is -0.494 e. The highest BCUT2D eigenvalue weighted by atomic mass is 35.5. The van der Waals surface area contributed by atoms with Crippen molar-refractivity contribution in [3.63, 3.8) is 0 Å². The molecule has 0 amide bonds. The number of ketones is 1. The molecule has 0 spiro atoms. The number of halogens is 2. The Morgan fingerprint density at radius 1 is 1.27 bits per heavy atom. The van der Waals surface area contributed by atoms with Gasteiger partial charge >= 0.3 is 0 Å². The number of hydrogen-bond donors (Lipinski definition) is 1. The van der Waals surface area contributed by atoms with E-state index >= 15 is 0 Å². The molecule has 8 heteroatoms. The second-order valence-corrected chi connectivity index (χ2v) is 9.36. The van der Waals surface area contributed by atoms with E-state index in [0.29, 0.717) is 10.4 Å². The van der Waals surface area contributed by atoms with Gasteiger partial charge in [0.2, 0.25) is 11.7 Å². The summed E-state index contributed by atoms with van der Waals surface area (Å²) >= 11 is 13.7. The summed E-state index contributed by atoms with van der Waals surface area (Å²) in [5.74, 6) is -0.895. The van der Waals surface area contributed by atoms with Gasteiger partial charge in [0.15, 0.2) is 0 Å². The van der Waals surface area contributed by atoms with Crippen molar-refractivity contribution in [1.29, 1.82) is 5.26 Å². The third-order valence-electron chi connectivity index (χ3n) is 5.71. The van der Waals surface area contributed by atoms with Crippen LogP contribution in [0.1, 0.15) is 64.5 Å². The Bertz CT molecular complexity index is 1280. The zero-order valence-corrected chi connectivity index (χ0v) is 18.5. The van der Waals surface area contributed by atoms with Gasteiger partial charge in [0, 0.05) is 21.2 Å². The van der Waals surface area contributed by atoms with Gasteiger partial charge in [0.1, 0.15) is 11.6 Å². The highest BCUT2D eigenvalue weighted by Gasteiger charge is 2.30. The van der Waals surface area contributed by atoms with Crippen molar-refractivity contribution in [2.45, 2.75) is 45.1 Å². The van der Waals surface area contributed by atoms with Crippen molar-refractivity contribution in [1.82, 2.24) is 4.57 Å². The summed E-state index contributed by atoms with van der Waals surface area (Å²) < 4.78 is 1.98. The van der Waals surface area contributed by atoms with Crippen LogP contribution in [0.4, 0.5) is 0 Å². The molecule has 0 aliphatic heterocycles. The quantitative estimate of drug-likeness (QED) is 0.486. The number of pyridine rings is 1. The largest absolute Gasteiger partial charge is 0.494 e. The molecule has 1 aromatic carbocycles. The van der Waals surface area contributed by atoms with Crippen molar-refractivity contribution in [3.8, 4) is 11.9 Å². The van der Waals surface area contributed by atoms with Gasteiger partial charge in [0.25, 0.3) is 5.56 Å². The maximum atomic E-state index is 13.5. The first kappa shape index (κ1) is 20.9. The maximum absolute atomic E-state index is 13.5. The summed E-state index contributed by atoms with van der Waals surface area (Å²) in [7, 11) is 0. The molecule has 154 valence electrons. The van der Waals surface area contributed by atoms with Crippen molar-refractivity contribution in [2.24, 2.45) is 0 Å². The van der Waals surface area contributed by atoms with E-state index in [9.17, 15) is 20.0 Å². The zero-order valence-electron chi connectivity index (χ0n) is 16.2. The SMILES string of the molecule is Cc1c(C(=O)c2sc3cc(Cl)ccc3c2Cl)c(O)n(C2CCCCC2)c(=O)c1C#N. The smallest absolute Gasteiger partial charge is 0.271 e. The van der Waals surface area contributed by atoms with Crippen LogP contribution in [0, 0.1) is 18.3 Å². The Hall–Kier alpha value is -2.33. The molecule has 5 nitrogen and oxygen atoms in total. The van der Waals surface area contributed by atoms with E-state index in [1.807, 2.05) is 6.07 Å². The van der Waals surface area contributed by atoms with Crippen LogP contribution in [0.15, 0.2) is 23.0 Å². The van der Waals surface area contributed by atoms with E-state index in [-0.39, 0.29) is 38.5 Å². The fourth-order valence-corrected chi connectivity index (χ4v) is 5.91. The third-order valence-corrected chi connectivity index (χ3v) is 7.60. The number of carbonyl (C=O) groups is 1. The summed E-state index contributed by atoms with van der Waals surface area (Å²) in [5, 5.41) is 22.1. The molecule has 1 aliphatic rings. The van der Waals surface area contributed by atoms with Gasteiger partial charge in [-0.1, -0.05) is 48.5 Å². The van der Waals surface area contributed by atoms with Crippen molar-refractivity contribution >= 4 is 50.4 Å². The number of rotatable bonds is 3. The molecule has 2 heterocycles. The highest BCUT2D eigenvalue weighted by Crippen LogP contribution is 2.40. The number of carbonyl (C=O) groups excluding carboxylic acids is 1. The fourth-order valence-electron chi connectivity index (χ4n) is 4.17. The maximum Gasteiger partial charge on any atom is 0.271 e. The Balaban J connectivity index is 1.94. The standard InChI is InChI=1S/C22H18Cl2N2O3S/c1-11-15(10-25)21(28)26(13-5-3-2-4-6-13)22(29)17(11)19(27)20-18(24)14-8-7-12(23)9-16(14)30-20/h7-9,13,29H,2-6H2,1H3. The van der Waals surface area contributed by atoms with E-state index in [0.717, 1.165) is 36.8 Å². The lowest BCUT2D eigenvalue weighted by molar-refractivity contribution is 0.103. The lowest BCUT2D eigenvalue weighted by atomic mass is 9.93. The Morgan fingerprint density at radius 3 is 2.63 bits per heavy atom. The Labute approximate surface area is 187 Å². The number of nitriles is 1. The van der Waals surface area contributed by atoms with Gasteiger partial charge in [-0.15, -0.1) is 11.3 Å². The average Bonchev–Trinajstić information content (AvgIpc) is 3.04. The van der Waals surface area contributed by atoms with Crippen molar-refractivity contribution in [2.75, 3.05) is 0 Å². The van der Waals surface area contributed by atoms with Gasteiger partial charge in [-0.25, -0.2) is 0 Å². The van der Waals surface area contributed by atoms with Crippen molar-refractivity contribution < 1.29 is 9.90 Å². The minimum atomic E-state index is -0.551. The normalized spacial score (nSPS) is 14.7. The van der Waals surface area contributed by atoms with Crippen LogP contribution in [-0.2, 0) is 0 Å². The molecule has 1 N–H and O–H groups in total. The van der Waals surface area contributed by atoms with Crippen LogP contribution in [0.3, 0.4) is 0 Å². The molecule has 0 unspecified atom stereocenters. The molecule has 30 heavy (non-hydrogen) atoms. The summed E-state index contributed by atoms with van der Waals surface area (Å²) in [6.07, 6.45) is 4.36. The molecule has 2 aromatic heterocycles. The van der Waals surface area contributed by atoms with E-state index < -0.39 is 11.3 Å². The third kappa shape index (κ3) is 3.31. The molecule has 0 radical (unpaired) electrons. The van der Waals surface area contributed by atoms with Crippen LogP contribution < -0.4 is 5.56 Å². The first-order valence-electron chi connectivity index (χ1n) is 9.65. The predicted molar refractivity (Wildman–Crippen MR) is 119 cm³/mol. The molecule has 3 aromatic rings. The molecule has 1 aliphatic carbocycles. The second-order valence-electron chi connectivity index (χ2n) is 7.49. The van der Waals surface area contributed by atoms with E-state index in [1.54, 1.807) is 18.2 Å². The molecule has 0 atom stereocenters. The van der Waals surface area contributed by atoms with Crippen LogP contribution in [0.25, 0.3) is 10.1 Å². The summed E-state index contributed by atoms with van der Waals surface area (Å²) in [4.78, 5) is 26.7.